The molecule has 0 atom stereocenters. The summed E-state index contributed by atoms with van der Waals surface area (Å²) in [5, 5.41) is 0. The molecule has 2 rings (SSSR count). The molecule has 0 N–H and O–H groups in total. The molecular weight excluding hydrogens is 259 g/mol. The van der Waals surface area contributed by atoms with E-state index in [1.807, 2.05) is 31.2 Å². The van der Waals surface area contributed by atoms with Gasteiger partial charge in [-0.1, -0.05) is 12.1 Å². The summed E-state index contributed by atoms with van der Waals surface area (Å²) in [7, 11) is 0. The lowest BCUT2D eigenvalue weighted by atomic mass is 9.95. The van der Waals surface area contributed by atoms with Crippen LogP contribution in [0.15, 0.2) is 36.2 Å². The van der Waals surface area contributed by atoms with Crippen LogP contribution in [0.25, 0.3) is 0 Å². The smallest absolute Gasteiger partial charge is 0.303 e. The quantitative estimate of drug-likeness (QED) is 0.747. The first kappa shape index (κ1) is 14.6. The Balaban J connectivity index is 2.06. The number of halogens is 1. The third-order valence-electron chi connectivity index (χ3n) is 3.38. The number of benzene rings is 1. The number of rotatable bonds is 6. The number of allylic oxidation sites excluding steroid dienone is 1. The second-order valence-corrected chi connectivity index (χ2v) is 4.98. The van der Waals surface area contributed by atoms with Gasteiger partial charge in [0.1, 0.15) is 18.2 Å². The summed E-state index contributed by atoms with van der Waals surface area (Å²) in [6.07, 6.45) is 3.40. The number of hydrogen-bond donors (Lipinski definition) is 0. The van der Waals surface area contributed by atoms with Gasteiger partial charge in [0.25, 0.3) is 0 Å². The minimum Gasteiger partial charge on any atom is -0.494 e. The van der Waals surface area contributed by atoms with Gasteiger partial charge >= 0.3 is 5.97 Å². The Morgan fingerprint density at radius 1 is 1.35 bits per heavy atom. The topological polar surface area (TPSA) is 35.5 Å². The average molecular weight is 278 g/mol. The van der Waals surface area contributed by atoms with Crippen molar-refractivity contribution in [3.8, 4) is 5.75 Å². The average Bonchev–Trinajstić information content (AvgIpc) is 3.18. The minimum absolute atomic E-state index is 0.241. The van der Waals surface area contributed by atoms with E-state index in [9.17, 15) is 9.18 Å². The molecule has 1 saturated carbocycles. The van der Waals surface area contributed by atoms with Crippen LogP contribution in [0.3, 0.4) is 0 Å². The Labute approximate surface area is 118 Å². The molecule has 0 spiro atoms. The van der Waals surface area contributed by atoms with Crippen molar-refractivity contribution in [1.29, 1.82) is 0 Å². The Hall–Kier alpha value is -1.84. The van der Waals surface area contributed by atoms with Crippen molar-refractivity contribution in [3.05, 3.63) is 41.7 Å². The zero-order chi connectivity index (χ0) is 14.6. The predicted molar refractivity (Wildman–Crippen MR) is 74.3 cm³/mol. The summed E-state index contributed by atoms with van der Waals surface area (Å²) < 4.78 is 23.8. The van der Waals surface area contributed by atoms with Crippen LogP contribution in [0.5, 0.6) is 5.75 Å². The largest absolute Gasteiger partial charge is 0.494 e. The van der Waals surface area contributed by atoms with Crippen LogP contribution >= 0.6 is 0 Å². The molecule has 0 amide bonds. The molecule has 0 aliphatic heterocycles. The third kappa shape index (κ3) is 3.59. The summed E-state index contributed by atoms with van der Waals surface area (Å²) in [4.78, 5) is 10.7. The molecule has 1 aliphatic carbocycles. The first-order chi connectivity index (χ1) is 9.55. The van der Waals surface area contributed by atoms with E-state index in [0.29, 0.717) is 6.61 Å². The van der Waals surface area contributed by atoms with E-state index in [2.05, 4.69) is 4.74 Å². The number of hydrogen-bond acceptors (Lipinski definition) is 3. The van der Waals surface area contributed by atoms with Crippen molar-refractivity contribution in [2.75, 3.05) is 13.2 Å². The van der Waals surface area contributed by atoms with Gasteiger partial charge in [0.2, 0.25) is 0 Å². The molecule has 0 bridgehead atoms. The maximum absolute atomic E-state index is 13.7. The van der Waals surface area contributed by atoms with Crippen molar-refractivity contribution in [1.82, 2.24) is 0 Å². The van der Waals surface area contributed by atoms with Gasteiger partial charge in [-0.3, -0.25) is 4.79 Å². The fourth-order valence-corrected chi connectivity index (χ4v) is 2.21. The first-order valence-electron chi connectivity index (χ1n) is 6.80. The maximum Gasteiger partial charge on any atom is 0.303 e. The van der Waals surface area contributed by atoms with Crippen LogP contribution in [0, 0.1) is 0 Å². The second kappa shape index (κ2) is 6.07. The van der Waals surface area contributed by atoms with E-state index < -0.39 is 11.8 Å². The zero-order valence-corrected chi connectivity index (χ0v) is 11.8. The van der Waals surface area contributed by atoms with Gasteiger partial charge in [0, 0.05) is 12.3 Å². The van der Waals surface area contributed by atoms with Gasteiger partial charge in [0.15, 0.2) is 0 Å². The first-order valence-corrected chi connectivity index (χ1v) is 6.80. The lowest BCUT2D eigenvalue weighted by Crippen LogP contribution is -2.06. The molecule has 20 heavy (non-hydrogen) atoms. The summed E-state index contributed by atoms with van der Waals surface area (Å²) in [6, 6.07) is 7.73. The number of esters is 1. The fraction of sp³-hybridized carbons (Fsp3) is 0.438. The number of carbonyl (C=O) groups excluding carboxylic acids is 1. The second-order valence-electron chi connectivity index (χ2n) is 4.98. The Morgan fingerprint density at radius 3 is 2.50 bits per heavy atom. The van der Waals surface area contributed by atoms with E-state index in [1.54, 1.807) is 6.08 Å². The highest BCUT2D eigenvalue weighted by Gasteiger charge is 2.42. The van der Waals surface area contributed by atoms with E-state index in [0.717, 1.165) is 24.2 Å². The van der Waals surface area contributed by atoms with E-state index in [1.165, 1.54) is 6.92 Å². The molecule has 0 heterocycles. The van der Waals surface area contributed by atoms with Crippen molar-refractivity contribution in [2.45, 2.75) is 32.1 Å². The molecule has 4 heteroatoms. The normalized spacial score (nSPS) is 16.6. The third-order valence-corrected chi connectivity index (χ3v) is 3.38. The lowest BCUT2D eigenvalue weighted by molar-refractivity contribution is -0.140. The molecular formula is C16H19FO3. The van der Waals surface area contributed by atoms with Gasteiger partial charge in [-0.2, -0.15) is 0 Å². The fourth-order valence-electron chi connectivity index (χ4n) is 2.21. The molecule has 0 unspecified atom stereocenters. The van der Waals surface area contributed by atoms with Crippen molar-refractivity contribution < 1.29 is 18.7 Å². The Bertz CT molecular complexity index is 501. The molecule has 1 aromatic carbocycles. The number of carbonyl (C=O) groups is 1. The Morgan fingerprint density at radius 2 is 2.00 bits per heavy atom. The SMILES string of the molecule is CCOc1ccc(C2(/C=C(\F)COC(C)=O)CC2)cc1. The van der Waals surface area contributed by atoms with Gasteiger partial charge < -0.3 is 9.47 Å². The van der Waals surface area contributed by atoms with Crippen LogP contribution < -0.4 is 4.74 Å². The standard InChI is InChI=1S/C16H19FO3/c1-3-19-15-6-4-13(5-7-15)16(8-9-16)10-14(17)11-20-12(2)18/h4-7,10H,3,8-9,11H2,1-2H3/b14-10-. The molecule has 108 valence electrons. The van der Waals surface area contributed by atoms with Crippen LogP contribution in [0.1, 0.15) is 32.3 Å². The van der Waals surface area contributed by atoms with Crippen LogP contribution in [0.2, 0.25) is 0 Å². The highest BCUT2D eigenvalue weighted by Crippen LogP contribution is 2.50. The summed E-state index contributed by atoms with van der Waals surface area (Å²) in [5.41, 5.74) is 0.827. The van der Waals surface area contributed by atoms with Gasteiger partial charge in [-0.05, 0) is 43.5 Å². The minimum atomic E-state index is -0.473. The van der Waals surface area contributed by atoms with Crippen molar-refractivity contribution in [3.63, 3.8) is 0 Å². The molecule has 1 aromatic rings. The number of ether oxygens (including phenoxy) is 2. The van der Waals surface area contributed by atoms with Crippen molar-refractivity contribution >= 4 is 5.97 Å². The lowest BCUT2D eigenvalue weighted by Gasteiger charge is -2.12. The maximum atomic E-state index is 13.7. The predicted octanol–water partition coefficient (Wildman–Crippen LogP) is 3.53. The molecule has 1 fully saturated rings. The van der Waals surface area contributed by atoms with E-state index in [-0.39, 0.29) is 12.0 Å². The molecule has 1 aliphatic rings. The molecule has 3 nitrogen and oxygen atoms in total. The summed E-state index contributed by atoms with van der Waals surface area (Å²) in [5.74, 6) is -0.0533. The molecule has 0 radical (unpaired) electrons. The summed E-state index contributed by atoms with van der Waals surface area (Å²) in [6.45, 7) is 3.55. The highest BCUT2D eigenvalue weighted by atomic mass is 19.1. The van der Waals surface area contributed by atoms with Gasteiger partial charge in [-0.15, -0.1) is 0 Å². The summed E-state index contributed by atoms with van der Waals surface area (Å²) >= 11 is 0. The molecule has 0 saturated heterocycles. The highest BCUT2D eigenvalue weighted by molar-refractivity contribution is 5.66. The van der Waals surface area contributed by atoms with Crippen molar-refractivity contribution in [2.24, 2.45) is 0 Å². The van der Waals surface area contributed by atoms with Crippen LogP contribution in [-0.2, 0) is 14.9 Å². The van der Waals surface area contributed by atoms with Gasteiger partial charge in [0.05, 0.1) is 6.61 Å². The van der Waals surface area contributed by atoms with Crippen LogP contribution in [0.4, 0.5) is 4.39 Å². The van der Waals surface area contributed by atoms with E-state index in [4.69, 9.17) is 4.74 Å². The zero-order valence-electron chi connectivity index (χ0n) is 11.8. The van der Waals surface area contributed by atoms with E-state index >= 15 is 0 Å². The molecule has 0 aromatic heterocycles. The Kier molecular flexibility index (Phi) is 4.42. The van der Waals surface area contributed by atoms with Crippen LogP contribution in [-0.4, -0.2) is 19.2 Å². The monoisotopic (exact) mass is 278 g/mol. The van der Waals surface area contributed by atoms with Gasteiger partial charge in [-0.25, -0.2) is 4.39 Å².